The van der Waals surface area contributed by atoms with Gasteiger partial charge in [-0.2, -0.15) is 0 Å². The first-order chi connectivity index (χ1) is 12.1. The standard InChI is InChI=1S/C19H24INO4/c1-3-24-19(22)21-11-10-14-13(12-21)6-4-8-16(14)25-18-15(20)7-5-9-17(18)23-2/h5,7,9,16H,3-4,6,8,10-12H2,1-2H3. The van der Waals surface area contributed by atoms with E-state index >= 15 is 0 Å². The third kappa shape index (κ3) is 4.04. The Bertz CT molecular complexity index is 673. The quantitative estimate of drug-likeness (QED) is 0.497. The highest BCUT2D eigenvalue weighted by Gasteiger charge is 2.32. The predicted molar refractivity (Wildman–Crippen MR) is 104 cm³/mol. The fraction of sp³-hybridized carbons (Fsp3) is 0.526. The summed E-state index contributed by atoms with van der Waals surface area (Å²) < 4.78 is 18.1. The highest BCUT2D eigenvalue weighted by atomic mass is 127. The lowest BCUT2D eigenvalue weighted by Gasteiger charge is -2.36. The van der Waals surface area contributed by atoms with Crippen LogP contribution in [-0.2, 0) is 4.74 Å². The molecule has 0 spiro atoms. The van der Waals surface area contributed by atoms with E-state index in [-0.39, 0.29) is 12.2 Å². The third-order valence-corrected chi connectivity index (χ3v) is 5.61. The summed E-state index contributed by atoms with van der Waals surface area (Å²) in [5, 5.41) is 0. The summed E-state index contributed by atoms with van der Waals surface area (Å²) in [7, 11) is 1.67. The molecule has 5 nitrogen and oxygen atoms in total. The molecule has 0 saturated carbocycles. The number of carbonyl (C=O) groups is 1. The molecule has 1 aromatic carbocycles. The van der Waals surface area contributed by atoms with Gasteiger partial charge in [-0.05, 0) is 78.5 Å². The molecule has 6 heteroatoms. The summed E-state index contributed by atoms with van der Waals surface area (Å²) in [5.74, 6) is 1.58. The summed E-state index contributed by atoms with van der Waals surface area (Å²) in [5.41, 5.74) is 2.69. The number of hydrogen-bond acceptors (Lipinski definition) is 4. The minimum Gasteiger partial charge on any atom is -0.493 e. The maximum Gasteiger partial charge on any atom is 0.410 e. The van der Waals surface area contributed by atoms with Gasteiger partial charge in [0.25, 0.3) is 0 Å². The second-order valence-corrected chi connectivity index (χ2v) is 7.43. The molecule has 136 valence electrons. The molecule has 1 aromatic rings. The number of para-hydroxylation sites is 1. The minimum atomic E-state index is -0.212. The SMILES string of the molecule is CCOC(=O)N1CCC2=C(CCCC2Oc2c(I)cccc2OC)C1. The molecular weight excluding hydrogens is 433 g/mol. The van der Waals surface area contributed by atoms with Crippen LogP contribution < -0.4 is 9.47 Å². The van der Waals surface area contributed by atoms with Gasteiger partial charge < -0.3 is 19.1 Å². The zero-order valence-corrected chi connectivity index (χ0v) is 16.9. The molecule has 1 aliphatic heterocycles. The van der Waals surface area contributed by atoms with Crippen LogP contribution in [0.1, 0.15) is 32.6 Å². The molecule has 2 aliphatic rings. The highest BCUT2D eigenvalue weighted by molar-refractivity contribution is 14.1. The van der Waals surface area contributed by atoms with Crippen molar-refractivity contribution in [2.45, 2.75) is 38.7 Å². The molecule has 1 atom stereocenters. The summed E-state index contributed by atoms with van der Waals surface area (Å²) in [6.07, 6.45) is 3.82. The summed E-state index contributed by atoms with van der Waals surface area (Å²) in [4.78, 5) is 13.8. The lowest BCUT2D eigenvalue weighted by atomic mass is 9.85. The zero-order valence-electron chi connectivity index (χ0n) is 14.7. The maximum absolute atomic E-state index is 12.0. The van der Waals surface area contributed by atoms with E-state index in [0.717, 1.165) is 40.8 Å². The van der Waals surface area contributed by atoms with Gasteiger partial charge in [0.1, 0.15) is 6.10 Å². The van der Waals surface area contributed by atoms with Crippen LogP contribution in [0.4, 0.5) is 4.79 Å². The van der Waals surface area contributed by atoms with E-state index in [1.165, 1.54) is 11.1 Å². The van der Waals surface area contributed by atoms with Crippen LogP contribution >= 0.6 is 22.6 Å². The average Bonchev–Trinajstić information content (AvgIpc) is 2.63. The number of hydrogen-bond donors (Lipinski definition) is 0. The predicted octanol–water partition coefficient (Wildman–Crippen LogP) is 4.39. The Balaban J connectivity index is 1.78. The molecule has 1 heterocycles. The van der Waals surface area contributed by atoms with Gasteiger partial charge >= 0.3 is 6.09 Å². The van der Waals surface area contributed by atoms with E-state index in [1.807, 2.05) is 25.1 Å². The van der Waals surface area contributed by atoms with Crippen molar-refractivity contribution in [2.75, 3.05) is 26.8 Å². The average molecular weight is 457 g/mol. The number of benzene rings is 1. The van der Waals surface area contributed by atoms with Crippen molar-refractivity contribution in [2.24, 2.45) is 0 Å². The fourth-order valence-electron chi connectivity index (χ4n) is 3.55. The molecule has 0 fully saturated rings. The molecule has 0 bridgehead atoms. The van der Waals surface area contributed by atoms with Crippen molar-refractivity contribution in [1.82, 2.24) is 4.90 Å². The lowest BCUT2D eigenvalue weighted by Crippen LogP contribution is -2.41. The maximum atomic E-state index is 12.0. The number of amides is 1. The first-order valence-electron chi connectivity index (χ1n) is 8.75. The van der Waals surface area contributed by atoms with Gasteiger partial charge in [0.05, 0.1) is 17.3 Å². The van der Waals surface area contributed by atoms with Crippen LogP contribution in [0.25, 0.3) is 0 Å². The Labute approximate surface area is 162 Å². The second-order valence-electron chi connectivity index (χ2n) is 6.27. The van der Waals surface area contributed by atoms with Gasteiger partial charge in [-0.25, -0.2) is 4.79 Å². The normalized spacial score (nSPS) is 20.1. The number of nitrogens with zero attached hydrogens (tertiary/aromatic N) is 1. The van der Waals surface area contributed by atoms with Gasteiger partial charge in [-0.15, -0.1) is 0 Å². The van der Waals surface area contributed by atoms with Crippen molar-refractivity contribution < 1.29 is 19.0 Å². The van der Waals surface area contributed by atoms with Gasteiger partial charge in [-0.1, -0.05) is 6.07 Å². The molecule has 1 unspecified atom stereocenters. The van der Waals surface area contributed by atoms with E-state index in [2.05, 4.69) is 22.6 Å². The van der Waals surface area contributed by atoms with E-state index < -0.39 is 0 Å². The molecule has 1 aliphatic carbocycles. The van der Waals surface area contributed by atoms with Crippen LogP contribution in [0, 0.1) is 3.57 Å². The summed E-state index contributed by atoms with van der Waals surface area (Å²) in [6, 6.07) is 5.93. The number of methoxy groups -OCH3 is 1. The molecule has 0 N–H and O–H groups in total. The Morgan fingerprint density at radius 3 is 2.96 bits per heavy atom. The smallest absolute Gasteiger partial charge is 0.410 e. The minimum absolute atomic E-state index is 0.0675. The van der Waals surface area contributed by atoms with Crippen molar-refractivity contribution in [3.63, 3.8) is 0 Å². The van der Waals surface area contributed by atoms with E-state index in [9.17, 15) is 4.79 Å². The van der Waals surface area contributed by atoms with Crippen molar-refractivity contribution >= 4 is 28.7 Å². The Kier molecular flexibility index (Phi) is 6.09. The van der Waals surface area contributed by atoms with Gasteiger partial charge in [0, 0.05) is 13.1 Å². The van der Waals surface area contributed by atoms with Crippen LogP contribution in [-0.4, -0.2) is 43.9 Å². The molecule has 0 aromatic heterocycles. The summed E-state index contributed by atoms with van der Waals surface area (Å²) >= 11 is 2.28. The van der Waals surface area contributed by atoms with Gasteiger partial charge in [0.15, 0.2) is 11.5 Å². The number of ether oxygens (including phenoxy) is 3. The van der Waals surface area contributed by atoms with E-state index in [1.54, 1.807) is 12.0 Å². The first-order valence-corrected chi connectivity index (χ1v) is 9.83. The van der Waals surface area contributed by atoms with Crippen LogP contribution in [0.15, 0.2) is 29.3 Å². The largest absolute Gasteiger partial charge is 0.493 e. The number of halogens is 1. The van der Waals surface area contributed by atoms with Gasteiger partial charge in [0.2, 0.25) is 0 Å². The molecule has 3 rings (SSSR count). The molecule has 0 radical (unpaired) electrons. The number of carbonyl (C=O) groups excluding carboxylic acids is 1. The van der Waals surface area contributed by atoms with Crippen LogP contribution in [0.3, 0.4) is 0 Å². The lowest BCUT2D eigenvalue weighted by molar-refractivity contribution is 0.104. The van der Waals surface area contributed by atoms with Gasteiger partial charge in [-0.3, -0.25) is 0 Å². The second kappa shape index (κ2) is 8.29. The molecule has 1 amide bonds. The fourth-order valence-corrected chi connectivity index (χ4v) is 4.15. The van der Waals surface area contributed by atoms with Crippen LogP contribution in [0.5, 0.6) is 11.5 Å². The highest BCUT2D eigenvalue weighted by Crippen LogP contribution is 2.38. The third-order valence-electron chi connectivity index (χ3n) is 4.76. The van der Waals surface area contributed by atoms with Crippen molar-refractivity contribution in [1.29, 1.82) is 0 Å². The molecule has 25 heavy (non-hydrogen) atoms. The first kappa shape index (κ1) is 18.4. The molecule has 0 saturated heterocycles. The molecular formula is C19H24INO4. The van der Waals surface area contributed by atoms with E-state index in [0.29, 0.717) is 19.7 Å². The van der Waals surface area contributed by atoms with Crippen molar-refractivity contribution in [3.8, 4) is 11.5 Å². The number of rotatable bonds is 4. The summed E-state index contributed by atoms with van der Waals surface area (Å²) in [6.45, 7) is 3.61. The monoisotopic (exact) mass is 457 g/mol. The van der Waals surface area contributed by atoms with Crippen LogP contribution in [0.2, 0.25) is 0 Å². The zero-order chi connectivity index (χ0) is 17.8. The van der Waals surface area contributed by atoms with Crippen molar-refractivity contribution in [3.05, 3.63) is 32.9 Å². The Morgan fingerprint density at radius 1 is 1.36 bits per heavy atom. The van der Waals surface area contributed by atoms with E-state index in [4.69, 9.17) is 14.2 Å². The topological polar surface area (TPSA) is 48.0 Å². The Morgan fingerprint density at radius 2 is 2.20 bits per heavy atom. The Hall–Kier alpha value is -1.44.